The van der Waals surface area contributed by atoms with Crippen molar-refractivity contribution in [1.82, 2.24) is 15.1 Å². The number of hydrogen-bond acceptors (Lipinski definition) is 3. The van der Waals surface area contributed by atoms with E-state index in [9.17, 15) is 4.79 Å². The van der Waals surface area contributed by atoms with Crippen LogP contribution in [-0.2, 0) is 0 Å². The molecule has 0 aromatic carbocycles. The summed E-state index contributed by atoms with van der Waals surface area (Å²) in [5.41, 5.74) is 6.33. The average molecular weight is 250 g/mol. The van der Waals surface area contributed by atoms with Crippen LogP contribution in [0.2, 0.25) is 0 Å². The second-order valence-corrected chi connectivity index (χ2v) is 6.14. The number of carbonyl (C=O) groups is 1. The molecule has 0 bridgehead atoms. The average Bonchev–Trinajstić information content (AvgIpc) is 2.74. The molecule has 0 radical (unpaired) electrons. The van der Waals surface area contributed by atoms with Crippen LogP contribution in [0.3, 0.4) is 0 Å². The minimum Gasteiger partial charge on any atom is -0.382 e. The van der Waals surface area contributed by atoms with E-state index < -0.39 is 0 Å². The predicted molar refractivity (Wildman–Crippen MR) is 71.1 cm³/mol. The Hall–Kier alpha value is -1.52. The Kier molecular flexibility index (Phi) is 3.32. The van der Waals surface area contributed by atoms with Gasteiger partial charge in [0.2, 0.25) is 0 Å². The van der Waals surface area contributed by atoms with Crippen LogP contribution in [0.1, 0.15) is 44.1 Å². The fourth-order valence-electron chi connectivity index (χ4n) is 2.57. The van der Waals surface area contributed by atoms with Crippen molar-refractivity contribution < 1.29 is 4.79 Å². The van der Waals surface area contributed by atoms with Crippen molar-refractivity contribution in [2.75, 3.05) is 18.8 Å². The fourth-order valence-corrected chi connectivity index (χ4v) is 2.57. The van der Waals surface area contributed by atoms with Gasteiger partial charge in [0.1, 0.15) is 11.5 Å². The quantitative estimate of drug-likeness (QED) is 0.799. The number of nitrogens with one attached hydrogen (secondary N) is 1. The van der Waals surface area contributed by atoms with Crippen LogP contribution < -0.4 is 5.73 Å². The van der Waals surface area contributed by atoms with E-state index in [0.717, 1.165) is 25.9 Å². The maximum Gasteiger partial charge on any atom is 0.271 e. The molecule has 5 heteroatoms. The van der Waals surface area contributed by atoms with Crippen LogP contribution in [0.5, 0.6) is 0 Å². The van der Waals surface area contributed by atoms with Crippen molar-refractivity contribution in [2.45, 2.75) is 33.6 Å². The number of piperidine rings is 1. The summed E-state index contributed by atoms with van der Waals surface area (Å²) in [5, 5.41) is 6.47. The normalized spacial score (nSPS) is 18.1. The first kappa shape index (κ1) is 12.9. The molecule has 0 saturated carbocycles. The van der Waals surface area contributed by atoms with Gasteiger partial charge in [-0.2, -0.15) is 5.10 Å². The van der Waals surface area contributed by atoms with E-state index >= 15 is 0 Å². The lowest BCUT2D eigenvalue weighted by Crippen LogP contribution is -2.41. The number of anilines is 1. The number of H-pyrrole nitrogens is 1. The number of nitrogens with zero attached hydrogens (tertiary/aromatic N) is 2. The maximum atomic E-state index is 12.2. The molecule has 100 valence electrons. The zero-order valence-corrected chi connectivity index (χ0v) is 11.4. The van der Waals surface area contributed by atoms with Gasteiger partial charge in [-0.15, -0.1) is 0 Å². The van der Waals surface area contributed by atoms with Gasteiger partial charge in [0.25, 0.3) is 5.91 Å². The summed E-state index contributed by atoms with van der Waals surface area (Å²) < 4.78 is 0. The number of rotatable bonds is 1. The molecular formula is C13H22N4O. The Labute approximate surface area is 108 Å². The summed E-state index contributed by atoms with van der Waals surface area (Å²) in [7, 11) is 0. The van der Waals surface area contributed by atoms with Crippen LogP contribution >= 0.6 is 0 Å². The van der Waals surface area contributed by atoms with Crippen LogP contribution in [-0.4, -0.2) is 34.1 Å². The lowest BCUT2D eigenvalue weighted by atomic mass is 9.75. The summed E-state index contributed by atoms with van der Waals surface area (Å²) in [5.74, 6) is 1.06. The maximum absolute atomic E-state index is 12.2. The zero-order valence-electron chi connectivity index (χ0n) is 11.4. The molecule has 18 heavy (non-hydrogen) atoms. The van der Waals surface area contributed by atoms with Crippen molar-refractivity contribution in [2.24, 2.45) is 11.3 Å². The second kappa shape index (κ2) is 4.63. The third kappa shape index (κ3) is 2.66. The number of aromatic amines is 1. The monoisotopic (exact) mass is 250 g/mol. The molecule has 5 nitrogen and oxygen atoms in total. The highest BCUT2D eigenvalue weighted by Gasteiger charge is 2.31. The number of nitrogen functional groups attached to an aromatic ring is 1. The summed E-state index contributed by atoms with van der Waals surface area (Å²) in [6, 6.07) is 1.60. The molecule has 1 aromatic heterocycles. The number of amides is 1. The molecule has 1 amide bonds. The third-order valence-electron chi connectivity index (χ3n) is 3.83. The summed E-state index contributed by atoms with van der Waals surface area (Å²) in [6.07, 6.45) is 2.14. The molecule has 1 aliphatic rings. The van der Waals surface area contributed by atoms with Gasteiger partial charge in [0, 0.05) is 19.2 Å². The molecule has 2 heterocycles. The van der Waals surface area contributed by atoms with Gasteiger partial charge in [-0.05, 0) is 24.2 Å². The topological polar surface area (TPSA) is 75.0 Å². The highest BCUT2D eigenvalue weighted by atomic mass is 16.2. The van der Waals surface area contributed by atoms with Crippen molar-refractivity contribution in [3.05, 3.63) is 11.8 Å². The molecule has 1 aromatic rings. The van der Waals surface area contributed by atoms with Crippen LogP contribution in [0.15, 0.2) is 6.07 Å². The predicted octanol–water partition coefficient (Wildman–Crippen LogP) is 1.89. The highest BCUT2D eigenvalue weighted by molar-refractivity contribution is 5.93. The minimum absolute atomic E-state index is 0.00607. The Morgan fingerprint density at radius 3 is 2.50 bits per heavy atom. The summed E-state index contributed by atoms with van der Waals surface area (Å²) >= 11 is 0. The van der Waals surface area contributed by atoms with Gasteiger partial charge in [-0.3, -0.25) is 9.89 Å². The molecule has 1 saturated heterocycles. The van der Waals surface area contributed by atoms with E-state index in [1.54, 1.807) is 6.07 Å². The van der Waals surface area contributed by atoms with Gasteiger partial charge in [0.15, 0.2) is 0 Å². The SMILES string of the molecule is CC(C)(C)C1CCN(C(=O)c2cc(N)n[nH]2)CC1. The van der Waals surface area contributed by atoms with Gasteiger partial charge < -0.3 is 10.6 Å². The third-order valence-corrected chi connectivity index (χ3v) is 3.83. The summed E-state index contributed by atoms with van der Waals surface area (Å²) in [4.78, 5) is 14.1. The molecule has 1 fully saturated rings. The Bertz CT molecular complexity index is 424. The van der Waals surface area contributed by atoms with Crippen molar-refractivity contribution in [3.8, 4) is 0 Å². The van der Waals surface area contributed by atoms with Crippen molar-refractivity contribution in [1.29, 1.82) is 0 Å². The number of likely N-dealkylation sites (tertiary alicyclic amines) is 1. The van der Waals surface area contributed by atoms with E-state index in [1.165, 1.54) is 0 Å². The van der Waals surface area contributed by atoms with Crippen LogP contribution in [0, 0.1) is 11.3 Å². The molecule has 1 aliphatic heterocycles. The number of nitrogens with two attached hydrogens (primary N) is 1. The number of aromatic nitrogens is 2. The molecule has 0 aliphatic carbocycles. The first-order chi connectivity index (χ1) is 8.38. The lowest BCUT2D eigenvalue weighted by molar-refractivity contribution is 0.0603. The second-order valence-electron chi connectivity index (χ2n) is 6.14. The van der Waals surface area contributed by atoms with E-state index in [-0.39, 0.29) is 5.91 Å². The number of hydrogen-bond donors (Lipinski definition) is 2. The smallest absolute Gasteiger partial charge is 0.271 e. The van der Waals surface area contributed by atoms with Gasteiger partial charge in [0.05, 0.1) is 0 Å². The Balaban J connectivity index is 1.96. The lowest BCUT2D eigenvalue weighted by Gasteiger charge is -2.38. The summed E-state index contributed by atoms with van der Waals surface area (Å²) in [6.45, 7) is 8.44. The van der Waals surface area contributed by atoms with Crippen molar-refractivity contribution in [3.63, 3.8) is 0 Å². The molecule has 0 unspecified atom stereocenters. The van der Waals surface area contributed by atoms with E-state index in [4.69, 9.17) is 5.73 Å². The first-order valence-electron chi connectivity index (χ1n) is 6.48. The van der Waals surface area contributed by atoms with Crippen LogP contribution in [0.4, 0.5) is 5.82 Å². The largest absolute Gasteiger partial charge is 0.382 e. The zero-order chi connectivity index (χ0) is 13.3. The first-order valence-corrected chi connectivity index (χ1v) is 6.48. The highest BCUT2D eigenvalue weighted by Crippen LogP contribution is 2.34. The minimum atomic E-state index is 0.00607. The van der Waals surface area contributed by atoms with E-state index in [1.807, 2.05) is 4.90 Å². The Morgan fingerprint density at radius 1 is 1.44 bits per heavy atom. The van der Waals surface area contributed by atoms with Gasteiger partial charge >= 0.3 is 0 Å². The van der Waals surface area contributed by atoms with Gasteiger partial charge in [-0.1, -0.05) is 20.8 Å². The van der Waals surface area contributed by atoms with Crippen LogP contribution in [0.25, 0.3) is 0 Å². The molecule has 2 rings (SSSR count). The van der Waals surface area contributed by atoms with Crippen molar-refractivity contribution >= 4 is 11.7 Å². The Morgan fingerprint density at radius 2 is 2.06 bits per heavy atom. The van der Waals surface area contributed by atoms with E-state index in [0.29, 0.717) is 22.8 Å². The van der Waals surface area contributed by atoms with E-state index in [2.05, 4.69) is 31.0 Å². The molecular weight excluding hydrogens is 228 g/mol. The molecule has 3 N–H and O–H groups in total. The standard InChI is InChI=1S/C13H22N4O/c1-13(2,3)9-4-6-17(7-5-9)12(18)10-8-11(14)16-15-10/h8-9H,4-7H2,1-3H3,(H3,14,15,16). The molecule has 0 spiro atoms. The van der Waals surface area contributed by atoms with Gasteiger partial charge in [-0.25, -0.2) is 0 Å². The molecule has 0 atom stereocenters. The number of carbonyl (C=O) groups excluding carboxylic acids is 1. The fraction of sp³-hybridized carbons (Fsp3) is 0.692.